The zero-order valence-corrected chi connectivity index (χ0v) is 11.5. The van der Waals surface area contributed by atoms with E-state index in [4.69, 9.17) is 13.9 Å². The minimum Gasteiger partial charge on any atom is -0.494 e. The summed E-state index contributed by atoms with van der Waals surface area (Å²) < 4.78 is 28.7. The van der Waals surface area contributed by atoms with Gasteiger partial charge in [-0.05, 0) is 18.2 Å². The number of nitrogens with one attached hydrogen (secondary N) is 1. The molecule has 0 aliphatic carbocycles. The first-order valence-electron chi connectivity index (χ1n) is 6.22. The van der Waals surface area contributed by atoms with E-state index < -0.39 is 5.82 Å². The maximum absolute atomic E-state index is 13.4. The van der Waals surface area contributed by atoms with Crippen LogP contribution in [0.4, 0.5) is 4.39 Å². The van der Waals surface area contributed by atoms with Gasteiger partial charge in [0.2, 0.25) is 0 Å². The number of methoxy groups -OCH3 is 2. The van der Waals surface area contributed by atoms with Crippen molar-refractivity contribution in [2.24, 2.45) is 0 Å². The van der Waals surface area contributed by atoms with Crippen LogP contribution in [0.2, 0.25) is 0 Å². The summed E-state index contributed by atoms with van der Waals surface area (Å²) >= 11 is 0. The number of aromatic nitrogens is 1. The average molecular weight is 280 g/mol. The van der Waals surface area contributed by atoms with Gasteiger partial charge in [0.05, 0.1) is 13.7 Å². The predicted molar refractivity (Wildman–Crippen MR) is 72.0 cm³/mol. The molecule has 0 spiro atoms. The molecule has 1 aromatic carbocycles. The molecular formula is C14H17FN2O3. The first-order valence-corrected chi connectivity index (χ1v) is 6.22. The van der Waals surface area contributed by atoms with Gasteiger partial charge < -0.3 is 19.2 Å². The van der Waals surface area contributed by atoms with Crippen LogP contribution in [0, 0.1) is 5.82 Å². The minimum atomic E-state index is -0.407. The maximum Gasteiger partial charge on any atom is 0.181 e. The number of hydrogen-bond acceptors (Lipinski definition) is 5. The SMILES string of the molecule is COCCNCc1ncoc1-c1ccc(F)c(OC)c1. The van der Waals surface area contributed by atoms with Crippen molar-refractivity contribution < 1.29 is 18.3 Å². The van der Waals surface area contributed by atoms with Gasteiger partial charge in [-0.1, -0.05) is 0 Å². The van der Waals surface area contributed by atoms with E-state index in [1.165, 1.54) is 19.6 Å². The largest absolute Gasteiger partial charge is 0.494 e. The maximum atomic E-state index is 13.4. The molecule has 0 atom stereocenters. The second kappa shape index (κ2) is 7.02. The normalized spacial score (nSPS) is 10.8. The summed E-state index contributed by atoms with van der Waals surface area (Å²) in [5, 5.41) is 3.19. The molecule has 1 aromatic heterocycles. The topological polar surface area (TPSA) is 56.5 Å². The summed E-state index contributed by atoms with van der Waals surface area (Å²) in [5.41, 5.74) is 1.49. The lowest BCUT2D eigenvalue weighted by atomic mass is 10.1. The highest BCUT2D eigenvalue weighted by molar-refractivity contribution is 5.61. The first kappa shape index (κ1) is 14.5. The Morgan fingerprint density at radius 2 is 2.20 bits per heavy atom. The summed E-state index contributed by atoms with van der Waals surface area (Å²) in [7, 11) is 3.07. The van der Waals surface area contributed by atoms with Crippen LogP contribution < -0.4 is 10.1 Å². The Morgan fingerprint density at radius 3 is 2.95 bits per heavy atom. The highest BCUT2D eigenvalue weighted by atomic mass is 19.1. The Kier molecular flexibility index (Phi) is 5.09. The monoisotopic (exact) mass is 280 g/mol. The van der Waals surface area contributed by atoms with Crippen molar-refractivity contribution in [3.8, 4) is 17.1 Å². The van der Waals surface area contributed by atoms with Gasteiger partial charge in [-0.2, -0.15) is 0 Å². The molecule has 6 heteroatoms. The van der Waals surface area contributed by atoms with E-state index in [9.17, 15) is 4.39 Å². The van der Waals surface area contributed by atoms with Gasteiger partial charge in [-0.3, -0.25) is 0 Å². The summed E-state index contributed by atoms with van der Waals surface area (Å²) in [6.45, 7) is 1.89. The zero-order chi connectivity index (χ0) is 14.4. The fourth-order valence-electron chi connectivity index (χ4n) is 1.81. The quantitative estimate of drug-likeness (QED) is 0.788. The number of benzene rings is 1. The van der Waals surface area contributed by atoms with Crippen LogP contribution in [-0.2, 0) is 11.3 Å². The molecule has 2 rings (SSSR count). The summed E-state index contributed by atoms with van der Waals surface area (Å²) in [6.07, 6.45) is 1.37. The summed E-state index contributed by atoms with van der Waals surface area (Å²) in [6, 6.07) is 4.57. The van der Waals surface area contributed by atoms with E-state index in [2.05, 4.69) is 10.3 Å². The van der Waals surface area contributed by atoms with Gasteiger partial charge in [0, 0.05) is 25.8 Å². The second-order valence-electron chi connectivity index (χ2n) is 4.15. The third kappa shape index (κ3) is 3.34. The fourth-order valence-corrected chi connectivity index (χ4v) is 1.81. The van der Waals surface area contributed by atoms with E-state index in [1.54, 1.807) is 19.2 Å². The lowest BCUT2D eigenvalue weighted by molar-refractivity contribution is 0.199. The predicted octanol–water partition coefficient (Wildman–Crippen LogP) is 2.23. The van der Waals surface area contributed by atoms with E-state index in [1.807, 2.05) is 0 Å². The van der Waals surface area contributed by atoms with Gasteiger partial charge in [-0.15, -0.1) is 0 Å². The molecule has 0 aliphatic rings. The lowest BCUT2D eigenvalue weighted by Gasteiger charge is -2.06. The fraction of sp³-hybridized carbons (Fsp3) is 0.357. The van der Waals surface area contributed by atoms with Crippen molar-refractivity contribution in [3.63, 3.8) is 0 Å². The van der Waals surface area contributed by atoms with Gasteiger partial charge in [0.1, 0.15) is 5.69 Å². The smallest absolute Gasteiger partial charge is 0.181 e. The first-order chi connectivity index (χ1) is 9.76. The van der Waals surface area contributed by atoms with Crippen molar-refractivity contribution >= 4 is 0 Å². The second-order valence-corrected chi connectivity index (χ2v) is 4.15. The molecule has 108 valence electrons. The molecule has 5 nitrogen and oxygen atoms in total. The van der Waals surface area contributed by atoms with Crippen LogP contribution in [0.15, 0.2) is 29.0 Å². The molecule has 0 saturated carbocycles. The molecule has 2 aromatic rings. The third-order valence-corrected chi connectivity index (χ3v) is 2.83. The van der Waals surface area contributed by atoms with Gasteiger partial charge >= 0.3 is 0 Å². The van der Waals surface area contributed by atoms with E-state index in [0.29, 0.717) is 18.9 Å². The number of oxazole rings is 1. The Balaban J connectivity index is 2.14. The van der Waals surface area contributed by atoms with Crippen molar-refractivity contribution in [2.45, 2.75) is 6.54 Å². The van der Waals surface area contributed by atoms with Crippen LogP contribution in [-0.4, -0.2) is 32.4 Å². The number of rotatable bonds is 7. The third-order valence-electron chi connectivity index (χ3n) is 2.83. The van der Waals surface area contributed by atoms with Crippen molar-refractivity contribution in [1.29, 1.82) is 0 Å². The van der Waals surface area contributed by atoms with Crippen molar-refractivity contribution in [1.82, 2.24) is 10.3 Å². The van der Waals surface area contributed by atoms with Crippen LogP contribution in [0.5, 0.6) is 5.75 Å². The number of hydrogen-bond donors (Lipinski definition) is 1. The van der Waals surface area contributed by atoms with Crippen molar-refractivity contribution in [3.05, 3.63) is 36.1 Å². The summed E-state index contributed by atoms with van der Waals surface area (Å²) in [5.74, 6) is 0.376. The van der Waals surface area contributed by atoms with E-state index >= 15 is 0 Å². The number of halogens is 1. The molecule has 20 heavy (non-hydrogen) atoms. The molecule has 0 fully saturated rings. The van der Waals surface area contributed by atoms with Gasteiger partial charge in [0.15, 0.2) is 23.7 Å². The lowest BCUT2D eigenvalue weighted by Crippen LogP contribution is -2.19. The standard InChI is InChI=1S/C14H17FN2O3/c1-18-6-5-16-8-12-14(20-9-17-12)10-3-4-11(15)13(7-10)19-2/h3-4,7,9,16H,5-6,8H2,1-2H3. The molecule has 0 bridgehead atoms. The summed E-state index contributed by atoms with van der Waals surface area (Å²) in [4.78, 5) is 4.16. The van der Waals surface area contributed by atoms with Gasteiger partial charge in [-0.25, -0.2) is 9.37 Å². The highest BCUT2D eigenvalue weighted by Gasteiger charge is 2.13. The number of ether oxygens (including phenoxy) is 2. The molecule has 1 N–H and O–H groups in total. The number of nitrogens with zero attached hydrogens (tertiary/aromatic N) is 1. The Morgan fingerprint density at radius 1 is 1.35 bits per heavy atom. The van der Waals surface area contributed by atoms with Crippen LogP contribution in [0.3, 0.4) is 0 Å². The molecule has 1 heterocycles. The van der Waals surface area contributed by atoms with Gasteiger partial charge in [0.25, 0.3) is 0 Å². The van der Waals surface area contributed by atoms with Crippen molar-refractivity contribution in [2.75, 3.05) is 27.4 Å². The average Bonchev–Trinajstić information content (AvgIpc) is 2.92. The molecular weight excluding hydrogens is 263 g/mol. The molecule has 0 radical (unpaired) electrons. The van der Waals surface area contributed by atoms with Crippen LogP contribution in [0.1, 0.15) is 5.69 Å². The van der Waals surface area contributed by atoms with E-state index in [-0.39, 0.29) is 5.75 Å². The minimum absolute atomic E-state index is 0.178. The zero-order valence-electron chi connectivity index (χ0n) is 11.5. The van der Waals surface area contributed by atoms with Crippen LogP contribution >= 0.6 is 0 Å². The Labute approximate surface area is 116 Å². The Hall–Kier alpha value is -1.92. The molecule has 0 unspecified atom stereocenters. The van der Waals surface area contributed by atoms with E-state index in [0.717, 1.165) is 17.8 Å². The van der Waals surface area contributed by atoms with Crippen LogP contribution in [0.25, 0.3) is 11.3 Å². The molecule has 0 saturated heterocycles. The molecule has 0 amide bonds. The molecule has 0 aliphatic heterocycles. The Bertz CT molecular complexity index is 557. The highest BCUT2D eigenvalue weighted by Crippen LogP contribution is 2.28.